The molecule has 0 spiro atoms. The monoisotopic (exact) mass is 372 g/mol. The molecule has 6 heteroatoms. The summed E-state index contributed by atoms with van der Waals surface area (Å²) in [5.41, 5.74) is 0. The predicted octanol–water partition coefficient (Wildman–Crippen LogP) is 5.94. The maximum atomic E-state index is 11.9. The zero-order chi connectivity index (χ0) is 19.7. The summed E-state index contributed by atoms with van der Waals surface area (Å²) in [7, 11) is 0. The lowest BCUT2D eigenvalue weighted by atomic mass is 10.1. The first-order chi connectivity index (χ1) is 12.3. The van der Waals surface area contributed by atoms with Gasteiger partial charge in [0.05, 0.1) is 0 Å². The zero-order valence-electron chi connectivity index (χ0n) is 14.9. The van der Waals surface area contributed by atoms with Crippen molar-refractivity contribution in [3.05, 3.63) is 48.6 Å². The van der Waals surface area contributed by atoms with E-state index in [0.717, 1.165) is 12.8 Å². The van der Waals surface area contributed by atoms with Gasteiger partial charge in [-0.2, -0.15) is 13.2 Å². The number of carbonyl (C=O) groups is 2. The lowest BCUT2D eigenvalue weighted by Crippen LogP contribution is -2.05. The van der Waals surface area contributed by atoms with Crippen molar-refractivity contribution in [1.82, 2.24) is 0 Å². The molecule has 0 bridgehead atoms. The van der Waals surface area contributed by atoms with Crippen LogP contribution in [0.1, 0.15) is 57.8 Å². The molecule has 0 aromatic rings. The maximum Gasteiger partial charge on any atom is 0.389 e. The molecule has 0 atom stereocenters. The Morgan fingerprint density at radius 1 is 0.808 bits per heavy atom. The van der Waals surface area contributed by atoms with Gasteiger partial charge in [-0.05, 0) is 44.6 Å². The number of carbonyl (C=O) groups excluding carboxylic acids is 1. The van der Waals surface area contributed by atoms with E-state index in [1.165, 1.54) is 6.08 Å². The van der Waals surface area contributed by atoms with Gasteiger partial charge in [0, 0.05) is 19.3 Å². The highest BCUT2D eigenvalue weighted by atomic mass is 19.4. The van der Waals surface area contributed by atoms with Crippen LogP contribution in [0.3, 0.4) is 0 Å². The number of alkyl halides is 3. The third kappa shape index (κ3) is 19.9. The lowest BCUT2D eigenvalue weighted by molar-refractivity contribution is -0.137. The van der Waals surface area contributed by atoms with E-state index in [-0.39, 0.29) is 25.0 Å². The van der Waals surface area contributed by atoms with Crippen LogP contribution in [0.4, 0.5) is 13.2 Å². The fourth-order valence-corrected chi connectivity index (χ4v) is 1.97. The first-order valence-electron chi connectivity index (χ1n) is 8.76. The van der Waals surface area contributed by atoms with E-state index < -0.39 is 18.6 Å². The van der Waals surface area contributed by atoms with Crippen LogP contribution in [0.2, 0.25) is 0 Å². The molecule has 26 heavy (non-hydrogen) atoms. The molecule has 3 nitrogen and oxygen atoms in total. The summed E-state index contributed by atoms with van der Waals surface area (Å²) in [6.45, 7) is 0. The average molecular weight is 372 g/mol. The van der Waals surface area contributed by atoms with Crippen molar-refractivity contribution in [2.24, 2.45) is 0 Å². The quantitative estimate of drug-likeness (QED) is 0.178. The van der Waals surface area contributed by atoms with Gasteiger partial charge in [0.2, 0.25) is 0 Å². The van der Waals surface area contributed by atoms with Gasteiger partial charge >= 0.3 is 12.1 Å². The molecule has 0 unspecified atom stereocenters. The summed E-state index contributed by atoms with van der Waals surface area (Å²) in [6.07, 6.45) is 13.1. The van der Waals surface area contributed by atoms with Crippen molar-refractivity contribution >= 4 is 11.8 Å². The van der Waals surface area contributed by atoms with Gasteiger partial charge in [0.1, 0.15) is 0 Å². The van der Waals surface area contributed by atoms with Crippen LogP contribution in [0, 0.1) is 0 Å². The van der Waals surface area contributed by atoms with E-state index >= 15 is 0 Å². The standard InChI is InChI=1S/C20H27F3O3/c21-20(22,23)17-12-10-8-6-4-2-1-3-5-7-9-11-14-18(24)15-13-16-19(25)26/h1,3-4,6-7,9,11,14H,2,5,8,10,12-13,15-17H2,(H,25,26)/b3-1-,6-4-,9-7-,14-11+. The third-order valence-corrected chi connectivity index (χ3v) is 3.30. The molecule has 0 aliphatic carbocycles. The van der Waals surface area contributed by atoms with Crippen molar-refractivity contribution in [2.75, 3.05) is 0 Å². The number of rotatable bonds is 14. The van der Waals surface area contributed by atoms with Crippen molar-refractivity contribution in [2.45, 2.75) is 64.0 Å². The van der Waals surface area contributed by atoms with Gasteiger partial charge in [-0.15, -0.1) is 0 Å². The van der Waals surface area contributed by atoms with Gasteiger partial charge < -0.3 is 5.11 Å². The minimum atomic E-state index is -4.05. The molecule has 0 saturated heterocycles. The van der Waals surface area contributed by atoms with E-state index in [1.54, 1.807) is 12.2 Å². The SMILES string of the molecule is O=C(O)CCCC(=O)/C=C/C=C\C/C=C\C/C=C\CCCCC(F)(F)F. The molecular formula is C20H27F3O3. The van der Waals surface area contributed by atoms with Gasteiger partial charge in [-0.3, -0.25) is 9.59 Å². The molecule has 0 aromatic carbocycles. The number of carboxylic acids is 1. The van der Waals surface area contributed by atoms with Crippen LogP contribution >= 0.6 is 0 Å². The number of hydrogen-bond acceptors (Lipinski definition) is 2. The Bertz CT molecular complexity index is 515. The summed E-state index contributed by atoms with van der Waals surface area (Å²) < 4.78 is 35.8. The summed E-state index contributed by atoms with van der Waals surface area (Å²) in [5.74, 6) is -0.989. The van der Waals surface area contributed by atoms with E-state index in [0.29, 0.717) is 19.3 Å². The molecular weight excluding hydrogens is 345 g/mol. The average Bonchev–Trinajstić information content (AvgIpc) is 2.53. The van der Waals surface area contributed by atoms with Gasteiger partial charge in [-0.25, -0.2) is 0 Å². The molecule has 0 aliphatic heterocycles. The van der Waals surface area contributed by atoms with Gasteiger partial charge in [-0.1, -0.05) is 42.5 Å². The topological polar surface area (TPSA) is 54.4 Å². The number of unbranched alkanes of at least 4 members (excludes halogenated alkanes) is 2. The van der Waals surface area contributed by atoms with E-state index in [4.69, 9.17) is 5.11 Å². The summed E-state index contributed by atoms with van der Waals surface area (Å²) in [4.78, 5) is 21.7. The molecule has 0 heterocycles. The predicted molar refractivity (Wildman–Crippen MR) is 96.8 cm³/mol. The Morgan fingerprint density at radius 2 is 1.46 bits per heavy atom. The second-order valence-electron chi connectivity index (χ2n) is 5.78. The van der Waals surface area contributed by atoms with Gasteiger partial charge in [0.25, 0.3) is 0 Å². The number of aliphatic carboxylic acids is 1. The first kappa shape index (κ1) is 23.9. The van der Waals surface area contributed by atoms with Crippen LogP contribution < -0.4 is 0 Å². The highest BCUT2D eigenvalue weighted by Crippen LogP contribution is 2.22. The van der Waals surface area contributed by atoms with Crippen LogP contribution in [-0.4, -0.2) is 23.0 Å². The highest BCUT2D eigenvalue weighted by molar-refractivity contribution is 5.90. The van der Waals surface area contributed by atoms with Crippen LogP contribution in [0.5, 0.6) is 0 Å². The summed E-state index contributed by atoms with van der Waals surface area (Å²) in [5, 5.41) is 8.46. The molecule has 146 valence electrons. The smallest absolute Gasteiger partial charge is 0.389 e. The molecule has 0 rings (SSSR count). The van der Waals surface area contributed by atoms with Gasteiger partial charge in [0.15, 0.2) is 5.78 Å². The molecule has 0 fully saturated rings. The zero-order valence-corrected chi connectivity index (χ0v) is 14.9. The van der Waals surface area contributed by atoms with E-state index in [9.17, 15) is 22.8 Å². The molecule has 1 N–H and O–H groups in total. The van der Waals surface area contributed by atoms with Crippen molar-refractivity contribution in [3.63, 3.8) is 0 Å². The minimum Gasteiger partial charge on any atom is -0.481 e. The number of halogens is 3. The third-order valence-electron chi connectivity index (χ3n) is 3.30. The van der Waals surface area contributed by atoms with Crippen LogP contribution in [0.25, 0.3) is 0 Å². The largest absolute Gasteiger partial charge is 0.481 e. The normalized spacial score (nSPS) is 12.9. The molecule has 0 amide bonds. The second kappa shape index (κ2) is 15.2. The van der Waals surface area contributed by atoms with Crippen LogP contribution in [0.15, 0.2) is 48.6 Å². The van der Waals surface area contributed by atoms with Crippen LogP contribution in [-0.2, 0) is 9.59 Å². The summed E-state index contributed by atoms with van der Waals surface area (Å²) in [6, 6.07) is 0. The Labute approximate surface area is 153 Å². The Hall–Kier alpha value is -2.11. The maximum absolute atomic E-state index is 11.9. The van der Waals surface area contributed by atoms with Crippen molar-refractivity contribution < 1.29 is 27.9 Å². The minimum absolute atomic E-state index is 0.00220. The van der Waals surface area contributed by atoms with Crippen molar-refractivity contribution in [1.29, 1.82) is 0 Å². The molecule has 0 aromatic heterocycles. The number of ketones is 1. The van der Waals surface area contributed by atoms with E-state index in [2.05, 4.69) is 0 Å². The number of carboxylic acid groups (broad SMARTS) is 1. The first-order valence-corrected chi connectivity index (χ1v) is 8.76. The number of hydrogen-bond donors (Lipinski definition) is 1. The Kier molecular flexibility index (Phi) is 13.9. The molecule has 0 aliphatic rings. The summed E-state index contributed by atoms with van der Waals surface area (Å²) >= 11 is 0. The fraction of sp³-hybridized carbons (Fsp3) is 0.500. The fourth-order valence-electron chi connectivity index (χ4n) is 1.97. The highest BCUT2D eigenvalue weighted by Gasteiger charge is 2.25. The molecule has 0 saturated carbocycles. The second-order valence-corrected chi connectivity index (χ2v) is 5.78. The Morgan fingerprint density at radius 3 is 2.12 bits per heavy atom. The van der Waals surface area contributed by atoms with Crippen molar-refractivity contribution in [3.8, 4) is 0 Å². The lowest BCUT2D eigenvalue weighted by Gasteiger charge is -2.03. The number of allylic oxidation sites excluding steroid dienone is 8. The van der Waals surface area contributed by atoms with E-state index in [1.807, 2.05) is 30.4 Å². The Balaban J connectivity index is 3.63. The molecule has 0 radical (unpaired) electrons.